The van der Waals surface area contributed by atoms with Crippen molar-refractivity contribution in [3.8, 4) is 0 Å². The maximum absolute atomic E-state index is 13.9. The Morgan fingerprint density at radius 1 is 1.10 bits per heavy atom. The van der Waals surface area contributed by atoms with E-state index in [-0.39, 0.29) is 12.1 Å². The molecule has 1 unspecified atom stereocenters. The monoisotopic (exact) mass is 540 g/mol. The van der Waals surface area contributed by atoms with E-state index in [1.807, 2.05) is 18.2 Å². The van der Waals surface area contributed by atoms with Gasteiger partial charge in [0.15, 0.2) is 0 Å². The number of halogens is 4. The first-order chi connectivity index (χ1) is 18.7. The largest absolute Gasteiger partial charge is 0.416 e. The van der Waals surface area contributed by atoms with Gasteiger partial charge >= 0.3 is 6.18 Å². The van der Waals surface area contributed by atoms with E-state index in [9.17, 15) is 22.4 Å². The van der Waals surface area contributed by atoms with Crippen molar-refractivity contribution >= 4 is 11.9 Å². The highest BCUT2D eigenvalue weighted by atomic mass is 19.4. The van der Waals surface area contributed by atoms with Crippen LogP contribution in [0, 0.1) is 11.7 Å². The van der Waals surface area contributed by atoms with Crippen molar-refractivity contribution in [2.45, 2.75) is 63.6 Å². The van der Waals surface area contributed by atoms with Crippen LogP contribution in [0.1, 0.15) is 78.2 Å². The lowest BCUT2D eigenvalue weighted by Gasteiger charge is -2.34. The molecule has 1 N–H and O–H groups in total. The van der Waals surface area contributed by atoms with Gasteiger partial charge in [0.1, 0.15) is 5.82 Å². The van der Waals surface area contributed by atoms with Crippen molar-refractivity contribution in [3.05, 3.63) is 88.5 Å². The molecule has 3 aromatic rings. The number of nitrogens with one attached hydrogen (secondary N) is 1. The quantitative estimate of drug-likeness (QED) is 0.355. The minimum atomic E-state index is -4.69. The summed E-state index contributed by atoms with van der Waals surface area (Å²) in [6, 6.07) is 12.3. The van der Waals surface area contributed by atoms with Gasteiger partial charge in [-0.2, -0.15) is 13.2 Å². The van der Waals surface area contributed by atoms with Gasteiger partial charge in [0.05, 0.1) is 16.8 Å². The lowest BCUT2D eigenvalue weighted by molar-refractivity contribution is -0.137. The number of hydrogen-bond donors (Lipinski definition) is 1. The number of benzene rings is 2. The maximum Gasteiger partial charge on any atom is 0.416 e. The van der Waals surface area contributed by atoms with Gasteiger partial charge in [0.2, 0.25) is 5.95 Å². The smallest absolute Gasteiger partial charge is 0.348 e. The molecule has 2 fully saturated rings. The topological polar surface area (TPSA) is 58.1 Å². The van der Waals surface area contributed by atoms with Crippen LogP contribution in [0.15, 0.2) is 54.7 Å². The van der Waals surface area contributed by atoms with Gasteiger partial charge < -0.3 is 10.2 Å². The Kier molecular flexibility index (Phi) is 7.60. The second-order valence-electron chi connectivity index (χ2n) is 10.8. The number of nitrogens with zero attached hydrogens (tertiary/aromatic N) is 3. The molecule has 1 amide bonds. The number of carbonyl (C=O) groups excluding carboxylic acids is 1. The Balaban J connectivity index is 1.51. The Hall–Kier alpha value is -3.49. The minimum Gasteiger partial charge on any atom is -0.348 e. The van der Waals surface area contributed by atoms with Crippen molar-refractivity contribution in [3.63, 3.8) is 0 Å². The maximum atomic E-state index is 13.9. The van der Waals surface area contributed by atoms with E-state index in [1.165, 1.54) is 0 Å². The fraction of sp³-hybridized carbons (Fsp3) is 0.433. The predicted molar refractivity (Wildman–Crippen MR) is 141 cm³/mol. The van der Waals surface area contributed by atoms with Crippen LogP contribution in [-0.2, 0) is 18.1 Å². The van der Waals surface area contributed by atoms with Gasteiger partial charge in [-0.3, -0.25) is 4.79 Å². The molecule has 1 saturated carbocycles. The highest BCUT2D eigenvalue weighted by molar-refractivity contribution is 5.95. The molecule has 0 bridgehead atoms. The number of hydrogen-bond acceptors (Lipinski definition) is 4. The van der Waals surface area contributed by atoms with Crippen LogP contribution in [0.3, 0.4) is 0 Å². The average Bonchev–Trinajstić information content (AvgIpc) is 3.42. The third-order valence-electron chi connectivity index (χ3n) is 7.94. The third kappa shape index (κ3) is 5.77. The third-order valence-corrected chi connectivity index (χ3v) is 7.94. The first kappa shape index (κ1) is 27.1. The van der Waals surface area contributed by atoms with Crippen LogP contribution in [0.25, 0.3) is 0 Å². The van der Waals surface area contributed by atoms with Crippen molar-refractivity contribution in [2.75, 3.05) is 18.0 Å². The van der Waals surface area contributed by atoms with Gasteiger partial charge in [0, 0.05) is 31.2 Å². The molecule has 1 saturated heterocycles. The molecule has 39 heavy (non-hydrogen) atoms. The van der Waals surface area contributed by atoms with Crippen molar-refractivity contribution in [1.29, 1.82) is 0 Å². The molecular weight excluding hydrogens is 508 g/mol. The van der Waals surface area contributed by atoms with Crippen LogP contribution >= 0.6 is 0 Å². The number of anilines is 1. The van der Waals surface area contributed by atoms with Crippen molar-refractivity contribution in [2.24, 2.45) is 5.92 Å². The molecule has 0 spiro atoms. The Bertz CT molecular complexity index is 1320. The number of aromatic nitrogens is 2. The molecule has 1 atom stereocenters. The minimum absolute atomic E-state index is 0.0238. The standard InChI is InChI=1S/C30H32F4N4O/c1-20-8-7-13-38(19-20)28-36-18-25(26(37-28)29(11-5-6-12-29)22-9-3-2-4-10-22)27(39)35-17-21-14-23(30(32,33)34)16-24(31)15-21/h2-4,9-10,14-16,18,20H,5-8,11-13,17,19H2,1H3,(H,35,39). The van der Waals surface area contributed by atoms with Crippen molar-refractivity contribution < 1.29 is 22.4 Å². The summed E-state index contributed by atoms with van der Waals surface area (Å²) in [5.41, 5.74) is 0.466. The zero-order valence-corrected chi connectivity index (χ0v) is 21.9. The highest BCUT2D eigenvalue weighted by Gasteiger charge is 2.42. The normalized spacial score (nSPS) is 19.2. The van der Waals surface area contributed by atoms with Crippen LogP contribution in [0.2, 0.25) is 0 Å². The zero-order chi connectivity index (χ0) is 27.6. The predicted octanol–water partition coefficient (Wildman–Crippen LogP) is 6.66. The zero-order valence-electron chi connectivity index (χ0n) is 21.9. The summed E-state index contributed by atoms with van der Waals surface area (Å²) in [7, 11) is 0. The van der Waals surface area contributed by atoms with E-state index < -0.39 is 28.9 Å². The highest BCUT2D eigenvalue weighted by Crippen LogP contribution is 2.47. The SMILES string of the molecule is CC1CCCN(c2ncc(C(=O)NCc3cc(F)cc(C(F)(F)F)c3)c(C3(c4ccccc4)CCCC3)n2)C1. The Morgan fingerprint density at radius 2 is 1.85 bits per heavy atom. The number of carbonyl (C=O) groups is 1. The van der Waals surface area contributed by atoms with Gasteiger partial charge in [-0.25, -0.2) is 14.4 Å². The van der Waals surface area contributed by atoms with Gasteiger partial charge in [0.25, 0.3) is 5.91 Å². The van der Waals surface area contributed by atoms with Gasteiger partial charge in [-0.1, -0.05) is 50.1 Å². The van der Waals surface area contributed by atoms with E-state index >= 15 is 0 Å². The molecule has 2 aliphatic rings. The molecule has 1 aromatic heterocycles. The van der Waals surface area contributed by atoms with Crippen LogP contribution in [-0.4, -0.2) is 29.0 Å². The fourth-order valence-corrected chi connectivity index (χ4v) is 6.02. The number of amides is 1. The Labute approximate surface area is 225 Å². The lowest BCUT2D eigenvalue weighted by Crippen LogP contribution is -2.37. The van der Waals surface area contributed by atoms with E-state index in [1.54, 1.807) is 6.20 Å². The van der Waals surface area contributed by atoms with E-state index in [4.69, 9.17) is 4.98 Å². The molecule has 2 aromatic carbocycles. The van der Waals surface area contributed by atoms with Gasteiger partial charge in [-0.15, -0.1) is 0 Å². The fourth-order valence-electron chi connectivity index (χ4n) is 6.02. The summed E-state index contributed by atoms with van der Waals surface area (Å²) in [6.07, 6.45) is 2.66. The summed E-state index contributed by atoms with van der Waals surface area (Å²) < 4.78 is 53.5. The van der Waals surface area contributed by atoms with E-state index in [0.29, 0.717) is 29.2 Å². The molecule has 1 aliphatic heterocycles. The van der Waals surface area contributed by atoms with E-state index in [0.717, 1.165) is 69.3 Å². The molecule has 9 heteroatoms. The average molecular weight is 541 g/mol. The summed E-state index contributed by atoms with van der Waals surface area (Å²) in [5.74, 6) is -0.401. The summed E-state index contributed by atoms with van der Waals surface area (Å²) in [5, 5.41) is 2.69. The van der Waals surface area contributed by atoms with Gasteiger partial charge in [-0.05, 0) is 60.9 Å². The summed E-state index contributed by atoms with van der Waals surface area (Å²) >= 11 is 0. The molecular formula is C30H32F4N4O. The first-order valence-electron chi connectivity index (χ1n) is 13.5. The molecule has 0 radical (unpaired) electrons. The van der Waals surface area contributed by atoms with Crippen LogP contribution in [0.4, 0.5) is 23.5 Å². The molecule has 1 aliphatic carbocycles. The second kappa shape index (κ2) is 10.9. The van der Waals surface area contributed by atoms with Crippen LogP contribution in [0.5, 0.6) is 0 Å². The second-order valence-corrected chi connectivity index (χ2v) is 10.8. The molecule has 206 valence electrons. The summed E-state index contributed by atoms with van der Waals surface area (Å²) in [6.45, 7) is 3.62. The Morgan fingerprint density at radius 3 is 2.54 bits per heavy atom. The number of alkyl halides is 3. The molecule has 2 heterocycles. The number of rotatable bonds is 6. The first-order valence-corrected chi connectivity index (χ1v) is 13.5. The van der Waals surface area contributed by atoms with Crippen LogP contribution < -0.4 is 10.2 Å². The van der Waals surface area contributed by atoms with Crippen molar-refractivity contribution in [1.82, 2.24) is 15.3 Å². The molecule has 5 rings (SSSR count). The molecule has 5 nitrogen and oxygen atoms in total. The van der Waals surface area contributed by atoms with E-state index in [2.05, 4.69) is 34.3 Å². The summed E-state index contributed by atoms with van der Waals surface area (Å²) in [4.78, 5) is 25.3. The lowest BCUT2D eigenvalue weighted by atomic mass is 9.74. The number of piperidine rings is 1.